The van der Waals surface area contributed by atoms with Gasteiger partial charge in [-0.05, 0) is 38.5 Å². The first kappa shape index (κ1) is 28.7. The Morgan fingerprint density at radius 1 is 0.613 bits per heavy atom. The molecule has 0 aromatic rings. The predicted molar refractivity (Wildman–Crippen MR) is 124 cm³/mol. The number of halogens is 3. The van der Waals surface area contributed by atoms with Crippen LogP contribution < -0.4 is 0 Å². The van der Waals surface area contributed by atoms with E-state index in [0.29, 0.717) is 12.5 Å². The molecule has 0 aliphatic carbocycles. The highest BCUT2D eigenvalue weighted by atomic mass is 19.4. The molecule has 2 nitrogen and oxygen atoms in total. The first-order valence-electron chi connectivity index (χ1n) is 13.3. The van der Waals surface area contributed by atoms with Crippen LogP contribution in [0.2, 0.25) is 0 Å². The highest BCUT2D eigenvalue weighted by Crippen LogP contribution is 2.23. The van der Waals surface area contributed by atoms with E-state index in [-0.39, 0.29) is 0 Å². The molecule has 0 aromatic heterocycles. The third-order valence-electron chi connectivity index (χ3n) is 6.36. The fourth-order valence-electron chi connectivity index (χ4n) is 4.36. The molecule has 0 spiro atoms. The standard InChI is InChI=1S/C26H49F3O2/c27-26(28,29)21-16-13-11-9-7-5-3-1-2-4-6-8-10-12-14-17-22-30-24-20-25-19-15-18-23-31-25/h25H,1-24H2. The zero-order chi connectivity index (χ0) is 22.5. The molecule has 0 amide bonds. The maximum Gasteiger partial charge on any atom is 0.389 e. The summed E-state index contributed by atoms with van der Waals surface area (Å²) in [6, 6.07) is 0. The van der Waals surface area contributed by atoms with Gasteiger partial charge in [-0.2, -0.15) is 13.2 Å². The molecule has 1 aliphatic heterocycles. The SMILES string of the molecule is FC(F)(F)CCCCCCCCCCCCCCCCCCOCCC1CCCCO1. The molecule has 0 saturated carbocycles. The first-order chi connectivity index (χ1) is 15.1. The van der Waals surface area contributed by atoms with Crippen LogP contribution in [0.15, 0.2) is 0 Å². The minimum Gasteiger partial charge on any atom is -0.381 e. The summed E-state index contributed by atoms with van der Waals surface area (Å²) in [6.07, 6.45) is 19.3. The van der Waals surface area contributed by atoms with Gasteiger partial charge in [-0.25, -0.2) is 0 Å². The van der Waals surface area contributed by atoms with Gasteiger partial charge in [0.2, 0.25) is 0 Å². The number of hydrogen-bond donors (Lipinski definition) is 0. The van der Waals surface area contributed by atoms with Crippen LogP contribution in [0.25, 0.3) is 0 Å². The summed E-state index contributed by atoms with van der Waals surface area (Å²) in [5.74, 6) is 0. The Balaban J connectivity index is 1.65. The fraction of sp³-hybridized carbons (Fsp3) is 1.00. The monoisotopic (exact) mass is 450 g/mol. The molecule has 1 rings (SSSR count). The van der Waals surface area contributed by atoms with Gasteiger partial charge in [0.25, 0.3) is 0 Å². The normalized spacial score (nSPS) is 17.3. The summed E-state index contributed by atoms with van der Waals surface area (Å²) in [7, 11) is 0. The van der Waals surface area contributed by atoms with Gasteiger partial charge in [-0.3, -0.25) is 0 Å². The number of hydrogen-bond acceptors (Lipinski definition) is 2. The van der Waals surface area contributed by atoms with E-state index >= 15 is 0 Å². The predicted octanol–water partition coefficient (Wildman–Crippen LogP) is 9.16. The van der Waals surface area contributed by atoms with E-state index in [1.807, 2.05) is 0 Å². The molecule has 0 aromatic carbocycles. The third kappa shape index (κ3) is 21.3. The molecular formula is C26H49F3O2. The van der Waals surface area contributed by atoms with Gasteiger partial charge >= 0.3 is 6.18 Å². The van der Waals surface area contributed by atoms with Gasteiger partial charge in [0.15, 0.2) is 0 Å². The Labute approximate surface area is 190 Å². The van der Waals surface area contributed by atoms with Crippen molar-refractivity contribution in [2.24, 2.45) is 0 Å². The zero-order valence-electron chi connectivity index (χ0n) is 20.0. The summed E-state index contributed by atoms with van der Waals surface area (Å²) in [4.78, 5) is 0. The molecule has 1 fully saturated rings. The van der Waals surface area contributed by atoms with E-state index < -0.39 is 12.6 Å². The second kappa shape index (κ2) is 20.3. The highest BCUT2D eigenvalue weighted by molar-refractivity contribution is 4.63. The lowest BCUT2D eigenvalue weighted by Gasteiger charge is -2.22. The average Bonchev–Trinajstić information content (AvgIpc) is 2.75. The number of unbranched alkanes of at least 4 members (excludes halogenated alkanes) is 15. The van der Waals surface area contributed by atoms with Crippen molar-refractivity contribution >= 4 is 0 Å². The molecule has 186 valence electrons. The smallest absolute Gasteiger partial charge is 0.381 e. The summed E-state index contributed by atoms with van der Waals surface area (Å²) in [5, 5.41) is 0. The van der Waals surface area contributed by atoms with E-state index in [9.17, 15) is 13.2 Å². The van der Waals surface area contributed by atoms with Crippen molar-refractivity contribution in [3.05, 3.63) is 0 Å². The molecule has 1 heterocycles. The van der Waals surface area contributed by atoms with E-state index in [1.54, 1.807) is 0 Å². The molecule has 1 atom stereocenters. The average molecular weight is 451 g/mol. The van der Waals surface area contributed by atoms with Crippen LogP contribution in [0.3, 0.4) is 0 Å². The van der Waals surface area contributed by atoms with Gasteiger partial charge in [-0.15, -0.1) is 0 Å². The molecular weight excluding hydrogens is 401 g/mol. The molecule has 1 aliphatic rings. The van der Waals surface area contributed by atoms with Crippen LogP contribution in [0, 0.1) is 0 Å². The first-order valence-corrected chi connectivity index (χ1v) is 13.3. The van der Waals surface area contributed by atoms with Gasteiger partial charge in [0.1, 0.15) is 0 Å². The lowest BCUT2D eigenvalue weighted by Crippen LogP contribution is -2.20. The van der Waals surface area contributed by atoms with Crippen molar-refractivity contribution in [1.29, 1.82) is 0 Å². The summed E-state index contributed by atoms with van der Waals surface area (Å²) in [6.45, 7) is 2.69. The Morgan fingerprint density at radius 2 is 1.10 bits per heavy atom. The van der Waals surface area contributed by atoms with E-state index in [2.05, 4.69) is 0 Å². The maximum absolute atomic E-state index is 12.0. The molecule has 1 saturated heterocycles. The largest absolute Gasteiger partial charge is 0.389 e. The van der Waals surface area contributed by atoms with Crippen LogP contribution in [0.5, 0.6) is 0 Å². The van der Waals surface area contributed by atoms with Crippen molar-refractivity contribution in [3.63, 3.8) is 0 Å². The highest BCUT2D eigenvalue weighted by Gasteiger charge is 2.25. The van der Waals surface area contributed by atoms with E-state index in [0.717, 1.165) is 45.5 Å². The minimum atomic E-state index is -3.97. The van der Waals surface area contributed by atoms with Crippen molar-refractivity contribution in [1.82, 2.24) is 0 Å². The van der Waals surface area contributed by atoms with Crippen LogP contribution in [-0.4, -0.2) is 32.1 Å². The summed E-state index contributed by atoms with van der Waals surface area (Å²) in [5.41, 5.74) is 0. The fourth-order valence-corrected chi connectivity index (χ4v) is 4.36. The quantitative estimate of drug-likeness (QED) is 0.162. The van der Waals surface area contributed by atoms with Crippen LogP contribution >= 0.6 is 0 Å². The van der Waals surface area contributed by atoms with Crippen molar-refractivity contribution < 1.29 is 22.6 Å². The topological polar surface area (TPSA) is 18.5 Å². The lowest BCUT2D eigenvalue weighted by molar-refractivity contribution is -0.135. The number of rotatable bonds is 21. The van der Waals surface area contributed by atoms with E-state index in [4.69, 9.17) is 9.47 Å². The van der Waals surface area contributed by atoms with Crippen LogP contribution in [0.1, 0.15) is 135 Å². The number of ether oxygens (including phenoxy) is 2. The van der Waals surface area contributed by atoms with Crippen molar-refractivity contribution in [2.45, 2.75) is 147 Å². The molecule has 0 N–H and O–H groups in total. The molecule has 0 radical (unpaired) electrons. The van der Waals surface area contributed by atoms with Gasteiger partial charge in [0, 0.05) is 26.2 Å². The van der Waals surface area contributed by atoms with Crippen LogP contribution in [-0.2, 0) is 9.47 Å². The van der Waals surface area contributed by atoms with E-state index in [1.165, 1.54) is 96.3 Å². The van der Waals surface area contributed by atoms with Crippen molar-refractivity contribution in [2.75, 3.05) is 19.8 Å². The summed E-state index contributed by atoms with van der Waals surface area (Å²) >= 11 is 0. The Kier molecular flexibility index (Phi) is 18.8. The van der Waals surface area contributed by atoms with Gasteiger partial charge in [-0.1, -0.05) is 89.9 Å². The molecule has 1 unspecified atom stereocenters. The molecule has 31 heavy (non-hydrogen) atoms. The number of alkyl halides is 3. The Bertz CT molecular complexity index is 368. The van der Waals surface area contributed by atoms with Crippen molar-refractivity contribution in [3.8, 4) is 0 Å². The van der Waals surface area contributed by atoms with Gasteiger partial charge in [0.05, 0.1) is 6.10 Å². The summed E-state index contributed by atoms with van der Waals surface area (Å²) < 4.78 is 47.6. The zero-order valence-corrected chi connectivity index (χ0v) is 20.0. The van der Waals surface area contributed by atoms with Crippen LogP contribution in [0.4, 0.5) is 13.2 Å². The lowest BCUT2D eigenvalue weighted by atomic mass is 10.0. The van der Waals surface area contributed by atoms with Gasteiger partial charge < -0.3 is 9.47 Å². The minimum absolute atomic E-state index is 0.299. The molecule has 5 heteroatoms. The Hall–Kier alpha value is -0.290. The third-order valence-corrected chi connectivity index (χ3v) is 6.36. The second-order valence-corrected chi connectivity index (χ2v) is 9.41. The second-order valence-electron chi connectivity index (χ2n) is 9.41. The maximum atomic E-state index is 12.0. The molecule has 0 bridgehead atoms. The Morgan fingerprint density at radius 3 is 1.55 bits per heavy atom.